The van der Waals surface area contributed by atoms with Gasteiger partial charge in [0.25, 0.3) is 0 Å². The van der Waals surface area contributed by atoms with Gasteiger partial charge in [0.05, 0.1) is 0 Å². The van der Waals surface area contributed by atoms with Crippen LogP contribution in [-0.4, -0.2) is 0 Å². The van der Waals surface area contributed by atoms with Crippen molar-refractivity contribution in [1.82, 2.24) is 0 Å². The summed E-state index contributed by atoms with van der Waals surface area (Å²) in [5, 5.41) is 0. The van der Waals surface area contributed by atoms with Crippen molar-refractivity contribution in [3.63, 3.8) is 0 Å². The van der Waals surface area contributed by atoms with E-state index in [0.717, 1.165) is 11.8 Å². The lowest BCUT2D eigenvalue weighted by Crippen LogP contribution is -1.92. The molecule has 0 heteroatoms. The third-order valence-electron chi connectivity index (χ3n) is 3.71. The Morgan fingerprint density at radius 2 is 1.67 bits per heavy atom. The summed E-state index contributed by atoms with van der Waals surface area (Å²) < 4.78 is 0. The van der Waals surface area contributed by atoms with E-state index in [2.05, 4.69) is 26.0 Å². The average molecular weight is 250 g/mol. The molecule has 106 valence electrons. The second-order valence-electron chi connectivity index (χ2n) is 5.57. The molecule has 0 aromatic rings. The first-order valence-corrected chi connectivity index (χ1v) is 8.00. The minimum atomic E-state index is 0.808. The Morgan fingerprint density at radius 1 is 1.06 bits per heavy atom. The van der Waals surface area contributed by atoms with E-state index in [9.17, 15) is 0 Å². The van der Waals surface area contributed by atoms with Gasteiger partial charge in [-0.2, -0.15) is 0 Å². The van der Waals surface area contributed by atoms with Gasteiger partial charge in [0.1, 0.15) is 0 Å². The molecule has 0 spiro atoms. The molecule has 1 atom stereocenters. The van der Waals surface area contributed by atoms with Crippen LogP contribution < -0.4 is 0 Å². The van der Waals surface area contributed by atoms with Crippen molar-refractivity contribution in [1.29, 1.82) is 0 Å². The maximum absolute atomic E-state index is 2.49. The largest absolute Gasteiger partial charge is 0.0919 e. The van der Waals surface area contributed by atoms with Gasteiger partial charge < -0.3 is 0 Å². The van der Waals surface area contributed by atoms with Gasteiger partial charge in [-0.05, 0) is 44.9 Å². The summed E-state index contributed by atoms with van der Waals surface area (Å²) >= 11 is 0. The van der Waals surface area contributed by atoms with Gasteiger partial charge >= 0.3 is 0 Å². The summed E-state index contributed by atoms with van der Waals surface area (Å²) in [6.07, 6.45) is 20.3. The Labute approximate surface area is 116 Å². The van der Waals surface area contributed by atoms with E-state index in [1.54, 1.807) is 0 Å². The summed E-state index contributed by atoms with van der Waals surface area (Å²) in [5.74, 6) is 1.73. The molecule has 0 aromatic carbocycles. The predicted octanol–water partition coefficient (Wildman–Crippen LogP) is 6.53. The van der Waals surface area contributed by atoms with Gasteiger partial charge in [-0.15, -0.1) is 0 Å². The van der Waals surface area contributed by atoms with Crippen LogP contribution in [0.3, 0.4) is 0 Å². The first kappa shape index (κ1) is 17.5. The van der Waals surface area contributed by atoms with E-state index < -0.39 is 0 Å². The summed E-state index contributed by atoms with van der Waals surface area (Å²) in [7, 11) is 0. The van der Waals surface area contributed by atoms with E-state index in [4.69, 9.17) is 0 Å². The molecule has 1 aliphatic rings. The van der Waals surface area contributed by atoms with E-state index in [-0.39, 0.29) is 0 Å². The fourth-order valence-corrected chi connectivity index (χ4v) is 2.31. The number of hydrogen-bond acceptors (Lipinski definition) is 0. The Morgan fingerprint density at radius 3 is 2.17 bits per heavy atom. The molecule has 0 aromatic heterocycles. The smallest absolute Gasteiger partial charge is 0.0233 e. The van der Waals surface area contributed by atoms with Crippen LogP contribution in [0.2, 0.25) is 0 Å². The molecular formula is C18H34. The third kappa shape index (κ3) is 10.6. The highest BCUT2D eigenvalue weighted by Crippen LogP contribution is 2.26. The van der Waals surface area contributed by atoms with Crippen molar-refractivity contribution >= 4 is 0 Å². The molecule has 0 saturated heterocycles. The minimum Gasteiger partial charge on any atom is -0.0919 e. The number of unbranched alkanes of at least 4 members (excludes halogenated alkanes) is 2. The number of hydrogen-bond donors (Lipinski definition) is 0. The van der Waals surface area contributed by atoms with E-state index in [0.29, 0.717) is 0 Å². The topological polar surface area (TPSA) is 0 Å². The summed E-state index contributed by atoms with van der Waals surface area (Å²) in [5.41, 5.74) is 0. The molecule has 0 N–H and O–H groups in total. The Kier molecular flexibility index (Phi) is 12.6. The number of rotatable bonds is 6. The summed E-state index contributed by atoms with van der Waals surface area (Å²) in [6, 6.07) is 0. The van der Waals surface area contributed by atoms with Gasteiger partial charge in [-0.1, -0.05) is 70.3 Å². The van der Waals surface area contributed by atoms with Gasteiger partial charge in [0, 0.05) is 0 Å². The highest BCUT2D eigenvalue weighted by Gasteiger charge is 2.11. The third-order valence-corrected chi connectivity index (χ3v) is 3.71. The van der Waals surface area contributed by atoms with Crippen LogP contribution in [0.5, 0.6) is 0 Å². The first-order chi connectivity index (χ1) is 8.74. The van der Waals surface area contributed by atoms with E-state index >= 15 is 0 Å². The normalized spacial score (nSPS) is 18.2. The first-order valence-electron chi connectivity index (χ1n) is 8.00. The molecule has 1 saturated carbocycles. The zero-order chi connectivity index (χ0) is 13.6. The van der Waals surface area contributed by atoms with Crippen LogP contribution >= 0.6 is 0 Å². The lowest BCUT2D eigenvalue weighted by atomic mass is 9.99. The van der Waals surface area contributed by atoms with Crippen LogP contribution in [0.1, 0.15) is 79.1 Å². The Bertz CT molecular complexity index is 202. The van der Waals surface area contributed by atoms with Crippen LogP contribution in [0.4, 0.5) is 0 Å². The maximum atomic E-state index is 2.49. The molecule has 1 aliphatic carbocycles. The van der Waals surface area contributed by atoms with Crippen LogP contribution in [0.15, 0.2) is 24.3 Å². The molecule has 0 aliphatic heterocycles. The fraction of sp³-hybridized carbons (Fsp3) is 0.778. The molecule has 0 heterocycles. The lowest BCUT2D eigenvalue weighted by molar-refractivity contribution is 0.569. The maximum Gasteiger partial charge on any atom is -0.0233 e. The SMILES string of the molecule is C/C=C\C.CCCCCC(C)/C=C/C1CCCC1. The molecule has 0 radical (unpaired) electrons. The van der Waals surface area contributed by atoms with Crippen molar-refractivity contribution in [3.05, 3.63) is 24.3 Å². The molecule has 0 bridgehead atoms. The van der Waals surface area contributed by atoms with E-state index in [1.165, 1.54) is 51.4 Å². The van der Waals surface area contributed by atoms with Gasteiger partial charge in [0.2, 0.25) is 0 Å². The molecule has 18 heavy (non-hydrogen) atoms. The van der Waals surface area contributed by atoms with Crippen molar-refractivity contribution in [2.75, 3.05) is 0 Å². The molecule has 1 unspecified atom stereocenters. The average Bonchev–Trinajstić information content (AvgIpc) is 2.90. The van der Waals surface area contributed by atoms with E-state index in [1.807, 2.05) is 26.0 Å². The quantitative estimate of drug-likeness (QED) is 0.371. The monoisotopic (exact) mass is 250 g/mol. The standard InChI is InChI=1S/C14H26.C4H8/c1-3-4-5-8-13(2)11-12-14-9-6-7-10-14;1-3-4-2/h11-14H,3-10H2,1-2H3;3-4H,1-2H3/b12-11+;4-3-. The van der Waals surface area contributed by atoms with Crippen molar-refractivity contribution < 1.29 is 0 Å². The van der Waals surface area contributed by atoms with Crippen molar-refractivity contribution in [3.8, 4) is 0 Å². The molecule has 1 fully saturated rings. The molecule has 1 rings (SSSR count). The lowest BCUT2D eigenvalue weighted by Gasteiger charge is -2.07. The second-order valence-corrected chi connectivity index (χ2v) is 5.57. The second kappa shape index (κ2) is 12.9. The van der Waals surface area contributed by atoms with Crippen LogP contribution in [0.25, 0.3) is 0 Å². The highest BCUT2D eigenvalue weighted by molar-refractivity contribution is 4.93. The van der Waals surface area contributed by atoms with Crippen LogP contribution in [0, 0.1) is 11.8 Å². The van der Waals surface area contributed by atoms with Gasteiger partial charge in [-0.25, -0.2) is 0 Å². The highest BCUT2D eigenvalue weighted by atomic mass is 14.2. The van der Waals surface area contributed by atoms with Crippen molar-refractivity contribution in [2.45, 2.75) is 79.1 Å². The molecule has 0 nitrogen and oxygen atoms in total. The zero-order valence-corrected chi connectivity index (χ0v) is 13.1. The summed E-state index contributed by atoms with van der Waals surface area (Å²) in [4.78, 5) is 0. The Balaban J connectivity index is 0.000000631. The minimum absolute atomic E-state index is 0.808. The molecule has 0 amide bonds. The van der Waals surface area contributed by atoms with Crippen LogP contribution in [-0.2, 0) is 0 Å². The van der Waals surface area contributed by atoms with Crippen molar-refractivity contribution in [2.24, 2.45) is 11.8 Å². The van der Waals surface area contributed by atoms with Gasteiger partial charge in [0.15, 0.2) is 0 Å². The summed E-state index contributed by atoms with van der Waals surface area (Å²) in [6.45, 7) is 8.64. The van der Waals surface area contributed by atoms with Gasteiger partial charge in [-0.3, -0.25) is 0 Å². The molecular weight excluding hydrogens is 216 g/mol. The zero-order valence-electron chi connectivity index (χ0n) is 13.1. The Hall–Kier alpha value is -0.520. The number of allylic oxidation sites excluding steroid dienone is 4. The fourth-order valence-electron chi connectivity index (χ4n) is 2.31. The predicted molar refractivity (Wildman–Crippen MR) is 84.9 cm³/mol.